The van der Waals surface area contributed by atoms with Crippen LogP contribution in [0.15, 0.2) is 42.5 Å². The molecule has 0 radical (unpaired) electrons. The van der Waals surface area contributed by atoms with Crippen molar-refractivity contribution in [3.8, 4) is 0 Å². The lowest BCUT2D eigenvalue weighted by molar-refractivity contribution is 0.0953. The zero-order valence-electron chi connectivity index (χ0n) is 13.8. The van der Waals surface area contributed by atoms with Crippen molar-refractivity contribution in [1.29, 1.82) is 0 Å². The lowest BCUT2D eigenvalue weighted by Crippen LogP contribution is -2.27. The molecule has 0 aromatic heterocycles. The predicted octanol–water partition coefficient (Wildman–Crippen LogP) is 1.55. The first-order chi connectivity index (χ1) is 11.9. The number of unbranched alkanes of at least 4 members (excludes halogenated alkanes) is 1. The summed E-state index contributed by atoms with van der Waals surface area (Å²) in [6.45, 7) is 0. The number of rotatable bonds is 8. The maximum absolute atomic E-state index is 11.8. The van der Waals surface area contributed by atoms with Gasteiger partial charge in [0, 0.05) is 0 Å². The van der Waals surface area contributed by atoms with E-state index in [-0.39, 0.29) is 16.7 Å². The van der Waals surface area contributed by atoms with Crippen LogP contribution in [0.2, 0.25) is 0 Å². The lowest BCUT2D eigenvalue weighted by atomic mass is 9.91. The van der Waals surface area contributed by atoms with E-state index in [4.69, 9.17) is 17.2 Å². The normalized spacial score (nSPS) is 10.4. The molecule has 0 heterocycles. The second-order valence-corrected chi connectivity index (χ2v) is 5.81. The molecule has 25 heavy (non-hydrogen) atoms. The highest BCUT2D eigenvalue weighted by molar-refractivity contribution is 6.13. The monoisotopic (exact) mass is 339 g/mol. The average molecular weight is 339 g/mol. The van der Waals surface area contributed by atoms with E-state index in [1.54, 1.807) is 6.07 Å². The standard InChI is InChI=1S/C19H21N3O3/c20-17(23)14-11-10-13(15(18(21)24)16(14)19(22)25)9-5-4-8-12-6-2-1-3-7-12/h1-3,6-7,10-11H,4-5,8-9H2,(H2,20,23)(H2,21,24)(H2,22,25). The van der Waals surface area contributed by atoms with Gasteiger partial charge in [0.2, 0.25) is 17.7 Å². The summed E-state index contributed by atoms with van der Waals surface area (Å²) in [5, 5.41) is 0. The molecule has 3 amide bonds. The fourth-order valence-corrected chi connectivity index (χ4v) is 2.89. The Morgan fingerprint density at radius 3 is 1.84 bits per heavy atom. The predicted molar refractivity (Wildman–Crippen MR) is 95.1 cm³/mol. The summed E-state index contributed by atoms with van der Waals surface area (Å²) in [7, 11) is 0. The summed E-state index contributed by atoms with van der Waals surface area (Å²) in [5.41, 5.74) is 17.6. The third-order valence-electron chi connectivity index (χ3n) is 4.05. The lowest BCUT2D eigenvalue weighted by Gasteiger charge is -2.13. The van der Waals surface area contributed by atoms with Gasteiger partial charge in [-0.2, -0.15) is 0 Å². The third-order valence-corrected chi connectivity index (χ3v) is 4.05. The molecule has 0 saturated carbocycles. The summed E-state index contributed by atoms with van der Waals surface area (Å²) in [6, 6.07) is 13.1. The molecule has 0 spiro atoms. The topological polar surface area (TPSA) is 129 Å². The minimum atomic E-state index is -0.895. The number of hydrogen-bond donors (Lipinski definition) is 3. The van der Waals surface area contributed by atoms with Crippen molar-refractivity contribution in [2.75, 3.05) is 0 Å². The Kier molecular flexibility index (Phi) is 5.89. The van der Waals surface area contributed by atoms with Gasteiger partial charge in [0.15, 0.2) is 0 Å². The van der Waals surface area contributed by atoms with Gasteiger partial charge in [-0.05, 0) is 42.9 Å². The number of carbonyl (C=O) groups excluding carboxylic acids is 3. The molecule has 6 nitrogen and oxygen atoms in total. The van der Waals surface area contributed by atoms with Gasteiger partial charge in [-0.1, -0.05) is 36.4 Å². The summed E-state index contributed by atoms with van der Waals surface area (Å²) in [5.74, 6) is -2.52. The quantitative estimate of drug-likeness (QED) is 0.631. The number of aryl methyl sites for hydroxylation is 2. The number of nitrogens with two attached hydrogens (primary N) is 3. The van der Waals surface area contributed by atoms with Crippen LogP contribution in [0.5, 0.6) is 0 Å². The van der Waals surface area contributed by atoms with Gasteiger partial charge in [-0.25, -0.2) is 0 Å². The first-order valence-electron chi connectivity index (χ1n) is 8.01. The Bertz CT molecular complexity index is 801. The van der Waals surface area contributed by atoms with Crippen LogP contribution in [-0.4, -0.2) is 17.7 Å². The summed E-state index contributed by atoms with van der Waals surface area (Å²) in [6.07, 6.45) is 3.16. The van der Waals surface area contributed by atoms with Crippen molar-refractivity contribution in [1.82, 2.24) is 0 Å². The van der Waals surface area contributed by atoms with Crippen LogP contribution in [0.3, 0.4) is 0 Å². The van der Waals surface area contributed by atoms with Gasteiger partial charge in [0.25, 0.3) is 0 Å². The van der Waals surface area contributed by atoms with E-state index in [2.05, 4.69) is 12.1 Å². The van der Waals surface area contributed by atoms with E-state index in [1.807, 2.05) is 18.2 Å². The van der Waals surface area contributed by atoms with Crippen molar-refractivity contribution in [2.24, 2.45) is 17.2 Å². The maximum atomic E-state index is 11.8. The van der Waals surface area contributed by atoms with E-state index >= 15 is 0 Å². The van der Waals surface area contributed by atoms with Crippen LogP contribution in [0.25, 0.3) is 0 Å². The van der Waals surface area contributed by atoms with Gasteiger partial charge in [0.05, 0.1) is 16.7 Å². The van der Waals surface area contributed by atoms with E-state index in [9.17, 15) is 14.4 Å². The second-order valence-electron chi connectivity index (χ2n) is 5.81. The summed E-state index contributed by atoms with van der Waals surface area (Å²) < 4.78 is 0. The van der Waals surface area contributed by atoms with Crippen LogP contribution in [0.4, 0.5) is 0 Å². The first-order valence-corrected chi connectivity index (χ1v) is 8.01. The fraction of sp³-hybridized carbons (Fsp3) is 0.211. The van der Waals surface area contributed by atoms with Crippen molar-refractivity contribution in [3.05, 3.63) is 70.3 Å². The van der Waals surface area contributed by atoms with Crippen LogP contribution in [0, 0.1) is 0 Å². The molecule has 2 rings (SSSR count). The molecule has 2 aromatic carbocycles. The Balaban J connectivity index is 2.20. The third kappa shape index (κ3) is 4.44. The number of amides is 3. The van der Waals surface area contributed by atoms with E-state index in [1.165, 1.54) is 11.6 Å². The molecule has 0 saturated heterocycles. The Labute approximate surface area is 146 Å². The van der Waals surface area contributed by atoms with Gasteiger partial charge in [-0.3, -0.25) is 14.4 Å². The summed E-state index contributed by atoms with van der Waals surface area (Å²) in [4.78, 5) is 35.1. The summed E-state index contributed by atoms with van der Waals surface area (Å²) >= 11 is 0. The largest absolute Gasteiger partial charge is 0.366 e. The molecular weight excluding hydrogens is 318 g/mol. The molecule has 0 unspecified atom stereocenters. The molecule has 2 aromatic rings. The molecule has 0 aliphatic heterocycles. The smallest absolute Gasteiger partial charge is 0.250 e. The van der Waals surface area contributed by atoms with Crippen molar-refractivity contribution < 1.29 is 14.4 Å². The molecule has 0 aliphatic carbocycles. The maximum Gasteiger partial charge on any atom is 0.250 e. The number of hydrogen-bond acceptors (Lipinski definition) is 3. The highest BCUT2D eigenvalue weighted by Crippen LogP contribution is 2.21. The Hall–Kier alpha value is -3.15. The van der Waals surface area contributed by atoms with Crippen LogP contribution in [-0.2, 0) is 12.8 Å². The van der Waals surface area contributed by atoms with Crippen molar-refractivity contribution >= 4 is 17.7 Å². The fourth-order valence-electron chi connectivity index (χ4n) is 2.89. The minimum Gasteiger partial charge on any atom is -0.366 e. The molecule has 0 bridgehead atoms. The highest BCUT2D eigenvalue weighted by Gasteiger charge is 2.23. The van der Waals surface area contributed by atoms with Gasteiger partial charge in [0.1, 0.15) is 0 Å². The number of primary amides is 3. The zero-order chi connectivity index (χ0) is 18.4. The molecule has 130 valence electrons. The van der Waals surface area contributed by atoms with Gasteiger partial charge >= 0.3 is 0 Å². The van der Waals surface area contributed by atoms with Crippen molar-refractivity contribution in [3.63, 3.8) is 0 Å². The first kappa shape index (κ1) is 18.2. The SMILES string of the molecule is NC(=O)c1ccc(CCCCc2ccccc2)c(C(N)=O)c1C(N)=O. The van der Waals surface area contributed by atoms with Crippen molar-refractivity contribution in [2.45, 2.75) is 25.7 Å². The average Bonchev–Trinajstić information content (AvgIpc) is 2.58. The van der Waals surface area contributed by atoms with E-state index < -0.39 is 17.7 Å². The Morgan fingerprint density at radius 2 is 1.28 bits per heavy atom. The van der Waals surface area contributed by atoms with E-state index in [0.717, 1.165) is 19.3 Å². The van der Waals surface area contributed by atoms with Gasteiger partial charge < -0.3 is 17.2 Å². The molecule has 6 N–H and O–H groups in total. The zero-order valence-corrected chi connectivity index (χ0v) is 13.8. The highest BCUT2D eigenvalue weighted by atomic mass is 16.2. The number of carbonyl (C=O) groups is 3. The Morgan fingerprint density at radius 1 is 0.680 bits per heavy atom. The molecule has 6 heteroatoms. The number of benzene rings is 2. The molecule has 0 fully saturated rings. The van der Waals surface area contributed by atoms with Crippen LogP contribution < -0.4 is 17.2 Å². The van der Waals surface area contributed by atoms with Crippen LogP contribution in [0.1, 0.15) is 55.0 Å². The van der Waals surface area contributed by atoms with Crippen LogP contribution >= 0.6 is 0 Å². The molecule has 0 aliphatic rings. The second kappa shape index (κ2) is 8.10. The minimum absolute atomic E-state index is 0.0106. The molecular formula is C19H21N3O3. The molecule has 0 atom stereocenters. The van der Waals surface area contributed by atoms with Gasteiger partial charge in [-0.15, -0.1) is 0 Å². The van der Waals surface area contributed by atoms with E-state index in [0.29, 0.717) is 12.0 Å².